The van der Waals surface area contributed by atoms with Gasteiger partial charge in [0.15, 0.2) is 0 Å². The van der Waals surface area contributed by atoms with Crippen molar-refractivity contribution in [1.82, 2.24) is 10.2 Å². The van der Waals surface area contributed by atoms with Crippen molar-refractivity contribution >= 4 is 35.0 Å². The molecule has 0 unspecified atom stereocenters. The van der Waals surface area contributed by atoms with Crippen molar-refractivity contribution in [2.24, 2.45) is 0 Å². The number of carbonyl (C=O) groups excluding carboxylic acids is 2. The molecule has 0 atom stereocenters. The number of ether oxygens (including phenoxy) is 2. The lowest BCUT2D eigenvalue weighted by molar-refractivity contribution is -0.138. The first-order chi connectivity index (χ1) is 23.1. The molecule has 2 aliphatic rings. The second-order valence-electron chi connectivity index (χ2n) is 11.2. The van der Waals surface area contributed by atoms with Crippen molar-refractivity contribution in [1.29, 1.82) is 0 Å². The minimum Gasteiger partial charge on any atom is -0.487 e. The number of benzene rings is 4. The summed E-state index contributed by atoms with van der Waals surface area (Å²) in [5, 5.41) is 2.56. The van der Waals surface area contributed by atoms with Crippen LogP contribution in [0.15, 0.2) is 72.8 Å². The number of amides is 2. The quantitative estimate of drug-likeness (QED) is 0.202. The van der Waals surface area contributed by atoms with E-state index < -0.39 is 23.5 Å². The predicted octanol–water partition coefficient (Wildman–Crippen LogP) is 8.79. The molecule has 6 rings (SSSR count). The Morgan fingerprint density at radius 1 is 0.714 bits per heavy atom. The Morgan fingerprint density at radius 2 is 1.20 bits per heavy atom. The molecule has 0 fully saturated rings. The molecule has 4 aromatic carbocycles. The summed E-state index contributed by atoms with van der Waals surface area (Å²) in [6.07, 6.45) is -7.51. The summed E-state index contributed by atoms with van der Waals surface area (Å²) in [7, 11) is 1.75. The van der Waals surface area contributed by atoms with E-state index in [1.165, 1.54) is 12.1 Å². The van der Waals surface area contributed by atoms with Crippen molar-refractivity contribution in [3.05, 3.63) is 127 Å². The van der Waals surface area contributed by atoms with Crippen LogP contribution < -0.4 is 14.8 Å². The van der Waals surface area contributed by atoms with Crippen molar-refractivity contribution < 1.29 is 45.4 Å². The second-order valence-corrected chi connectivity index (χ2v) is 12.0. The van der Waals surface area contributed by atoms with Crippen LogP contribution in [0.25, 0.3) is 0 Å². The van der Waals surface area contributed by atoms with Crippen LogP contribution in [0.1, 0.15) is 54.1 Å². The molecule has 1 N–H and O–H groups in total. The van der Waals surface area contributed by atoms with E-state index in [1.807, 2.05) is 12.1 Å². The van der Waals surface area contributed by atoms with E-state index in [-0.39, 0.29) is 46.6 Å². The van der Waals surface area contributed by atoms with E-state index in [0.29, 0.717) is 37.1 Å². The first-order valence-corrected chi connectivity index (χ1v) is 15.6. The van der Waals surface area contributed by atoms with Crippen molar-refractivity contribution in [3.8, 4) is 11.5 Å². The number of halogens is 8. The average molecular weight is 726 g/mol. The third-order valence-corrected chi connectivity index (χ3v) is 8.60. The Hall–Kier alpha value is -4.42. The molecule has 258 valence electrons. The number of hydrogen-bond acceptors (Lipinski definition) is 4. The molecule has 4 aromatic rings. The highest BCUT2D eigenvalue weighted by atomic mass is 35.5. The van der Waals surface area contributed by atoms with Crippen molar-refractivity contribution in [3.63, 3.8) is 0 Å². The lowest BCUT2D eigenvalue weighted by Gasteiger charge is -2.26. The van der Waals surface area contributed by atoms with E-state index in [9.17, 15) is 35.9 Å². The summed E-state index contributed by atoms with van der Waals surface area (Å²) in [6, 6.07) is 16.6. The number of rotatable bonds is 6. The highest BCUT2D eigenvalue weighted by Crippen LogP contribution is 2.36. The highest BCUT2D eigenvalue weighted by molar-refractivity contribution is 6.32. The van der Waals surface area contributed by atoms with Crippen LogP contribution in [0, 0.1) is 0 Å². The summed E-state index contributed by atoms with van der Waals surface area (Å²) in [5.74, 6) is 0.162. The third kappa shape index (κ3) is 8.42. The molecule has 0 aromatic heterocycles. The summed E-state index contributed by atoms with van der Waals surface area (Å²) in [6.45, 7) is 1.42. The van der Waals surface area contributed by atoms with E-state index in [1.54, 1.807) is 36.2 Å². The number of nitrogens with one attached hydrogen (secondary N) is 1. The van der Waals surface area contributed by atoms with Gasteiger partial charge in [0, 0.05) is 31.3 Å². The lowest BCUT2D eigenvalue weighted by atomic mass is 9.94. The van der Waals surface area contributed by atoms with Gasteiger partial charge in [0.2, 0.25) is 0 Å². The van der Waals surface area contributed by atoms with Gasteiger partial charge in [0.1, 0.15) is 24.7 Å². The molecule has 0 aliphatic carbocycles. The van der Waals surface area contributed by atoms with E-state index in [4.69, 9.17) is 32.7 Å². The summed E-state index contributed by atoms with van der Waals surface area (Å²) in [5.41, 5.74) is 3.03. The standard InChI is InChI=1S/C18H15ClF3NO2.C17H13ClF3NO2/c1-23-8-7-13-11(3-2-4-14(13)17(23)24)10-25-16-6-5-12(9-15(16)19)18(20,21)22;18-14-8-11(17(19,20)21)4-5-15(14)24-9-10-2-1-3-13-12(10)6-7-22-16(13)23/h2-6,9H,7-8,10H2,1H3;1-5,8H,6-7,9H2,(H,22,23). The van der Waals surface area contributed by atoms with Crippen LogP contribution in [0.4, 0.5) is 26.3 Å². The number of nitrogens with zero attached hydrogens (tertiary/aromatic N) is 1. The Balaban J connectivity index is 0.000000191. The van der Waals surface area contributed by atoms with Crippen LogP contribution in [0.3, 0.4) is 0 Å². The molecule has 6 nitrogen and oxygen atoms in total. The molecule has 0 saturated carbocycles. The molecule has 2 heterocycles. The van der Waals surface area contributed by atoms with Crippen molar-refractivity contribution in [2.75, 3.05) is 20.1 Å². The fourth-order valence-corrected chi connectivity index (χ4v) is 5.90. The van der Waals surface area contributed by atoms with Gasteiger partial charge in [0.05, 0.1) is 21.2 Å². The Kier molecular flexibility index (Phi) is 10.7. The Labute approximate surface area is 287 Å². The maximum absolute atomic E-state index is 12.7. The van der Waals surface area contributed by atoms with Gasteiger partial charge in [-0.25, -0.2) is 0 Å². The predicted molar refractivity (Wildman–Crippen MR) is 171 cm³/mol. The van der Waals surface area contributed by atoms with Crippen LogP contribution in [-0.4, -0.2) is 36.9 Å². The maximum Gasteiger partial charge on any atom is 0.416 e. The van der Waals surface area contributed by atoms with Crippen LogP contribution in [0.5, 0.6) is 11.5 Å². The van der Waals surface area contributed by atoms with Gasteiger partial charge in [0.25, 0.3) is 11.8 Å². The number of carbonyl (C=O) groups is 2. The smallest absolute Gasteiger partial charge is 0.416 e. The third-order valence-electron chi connectivity index (χ3n) is 8.01. The topological polar surface area (TPSA) is 67.9 Å². The lowest BCUT2D eigenvalue weighted by Crippen LogP contribution is -2.34. The maximum atomic E-state index is 12.7. The van der Waals surface area contributed by atoms with E-state index in [0.717, 1.165) is 46.5 Å². The minimum atomic E-state index is -4.45. The summed E-state index contributed by atoms with van der Waals surface area (Å²) < 4.78 is 87.1. The average Bonchev–Trinajstić information content (AvgIpc) is 3.05. The molecule has 0 spiro atoms. The Bertz CT molecular complexity index is 1880. The fraction of sp³-hybridized carbons (Fsp3) is 0.257. The highest BCUT2D eigenvalue weighted by Gasteiger charge is 2.32. The van der Waals surface area contributed by atoms with Crippen LogP contribution >= 0.6 is 23.2 Å². The molecule has 14 heteroatoms. The van der Waals surface area contributed by atoms with E-state index in [2.05, 4.69) is 5.32 Å². The zero-order chi connectivity index (χ0) is 35.5. The monoisotopic (exact) mass is 724 g/mol. The first-order valence-electron chi connectivity index (χ1n) is 14.9. The van der Waals surface area contributed by atoms with Gasteiger partial charge >= 0.3 is 12.4 Å². The number of likely N-dealkylation sites (N-methyl/N-ethyl adjacent to an activating group) is 1. The van der Waals surface area contributed by atoms with E-state index >= 15 is 0 Å². The SMILES string of the molecule is CN1CCc2c(COc3ccc(C(F)(F)F)cc3Cl)cccc2C1=O.O=C1NCCc2c(COc3ccc(C(F)(F)F)cc3Cl)cccc21. The fourth-order valence-electron chi connectivity index (χ4n) is 5.43. The van der Waals surface area contributed by atoms with Gasteiger partial charge in [-0.15, -0.1) is 0 Å². The first kappa shape index (κ1) is 35.9. The number of alkyl halides is 6. The largest absolute Gasteiger partial charge is 0.487 e. The normalized spacial score (nSPS) is 14.3. The van der Waals surface area contributed by atoms with Crippen LogP contribution in [-0.2, 0) is 38.4 Å². The number of fused-ring (bicyclic) bond motifs is 2. The summed E-state index contributed by atoms with van der Waals surface area (Å²) in [4.78, 5) is 25.7. The minimum absolute atomic E-state index is 0.0457. The van der Waals surface area contributed by atoms with Gasteiger partial charge in [-0.3, -0.25) is 9.59 Å². The molecular weight excluding hydrogens is 697 g/mol. The van der Waals surface area contributed by atoms with Crippen molar-refractivity contribution in [2.45, 2.75) is 38.4 Å². The van der Waals surface area contributed by atoms with Crippen LogP contribution in [0.2, 0.25) is 10.0 Å². The molecule has 0 bridgehead atoms. The van der Waals surface area contributed by atoms with Gasteiger partial charge in [-0.1, -0.05) is 47.5 Å². The zero-order valence-electron chi connectivity index (χ0n) is 25.8. The molecular formula is C35H28Cl2F6N2O4. The summed E-state index contributed by atoms with van der Waals surface area (Å²) >= 11 is 11.8. The molecule has 0 radical (unpaired) electrons. The molecule has 0 saturated heterocycles. The molecule has 2 aliphatic heterocycles. The van der Waals surface area contributed by atoms with Gasteiger partial charge < -0.3 is 19.7 Å². The number of hydrogen-bond donors (Lipinski definition) is 1. The second kappa shape index (κ2) is 14.6. The molecule has 49 heavy (non-hydrogen) atoms. The Morgan fingerprint density at radius 3 is 1.69 bits per heavy atom. The van der Waals surface area contributed by atoms with Gasteiger partial charge in [-0.05, 0) is 83.6 Å². The van der Waals surface area contributed by atoms with Gasteiger partial charge in [-0.2, -0.15) is 26.3 Å². The zero-order valence-corrected chi connectivity index (χ0v) is 27.3. The molecule has 2 amide bonds.